The van der Waals surface area contributed by atoms with Crippen LogP contribution in [0.3, 0.4) is 0 Å². The van der Waals surface area contributed by atoms with Crippen LogP contribution in [-0.2, 0) is 9.53 Å². The lowest BCUT2D eigenvalue weighted by atomic mass is 10.3. The van der Waals surface area contributed by atoms with E-state index in [0.717, 1.165) is 5.69 Å². The molecule has 0 aromatic heterocycles. The molecule has 0 aliphatic heterocycles. The van der Waals surface area contributed by atoms with E-state index in [1.54, 1.807) is 24.3 Å². The number of hydrogen-bond donors (Lipinski definition) is 3. The van der Waals surface area contributed by atoms with Crippen LogP contribution in [0.25, 0.3) is 0 Å². The molecule has 0 aliphatic rings. The van der Waals surface area contributed by atoms with Crippen LogP contribution < -0.4 is 10.6 Å². The van der Waals surface area contributed by atoms with E-state index in [0.29, 0.717) is 24.5 Å². The van der Waals surface area contributed by atoms with E-state index in [-0.39, 0.29) is 11.7 Å². The number of benzene rings is 1. The average Bonchev–Trinajstić information content (AvgIpc) is 2.37. The third kappa shape index (κ3) is 5.49. The zero-order valence-corrected chi connectivity index (χ0v) is 10.9. The summed E-state index contributed by atoms with van der Waals surface area (Å²) in [7, 11) is 1.37. The summed E-state index contributed by atoms with van der Waals surface area (Å²) >= 11 is 5.08. The molecule has 0 aliphatic carbocycles. The second-order valence-electron chi connectivity index (χ2n) is 3.61. The fourth-order valence-corrected chi connectivity index (χ4v) is 1.48. The molecule has 0 radical (unpaired) electrons. The van der Waals surface area contributed by atoms with Gasteiger partial charge in [0.2, 0.25) is 0 Å². The van der Waals surface area contributed by atoms with Crippen molar-refractivity contribution in [1.29, 1.82) is 0 Å². The van der Waals surface area contributed by atoms with Gasteiger partial charge >= 0.3 is 5.97 Å². The molecule has 1 aromatic rings. The predicted molar refractivity (Wildman–Crippen MR) is 73.6 cm³/mol. The first-order chi connectivity index (χ1) is 8.61. The monoisotopic (exact) mass is 268 g/mol. The summed E-state index contributed by atoms with van der Waals surface area (Å²) in [6, 6.07) is 6.58. The van der Waals surface area contributed by atoms with Crippen molar-refractivity contribution in [2.75, 3.05) is 19.0 Å². The molecule has 18 heavy (non-hydrogen) atoms. The van der Waals surface area contributed by atoms with Gasteiger partial charge in [-0.05, 0) is 42.9 Å². The topological polar surface area (TPSA) is 70.6 Å². The van der Waals surface area contributed by atoms with Gasteiger partial charge in [0.05, 0.1) is 7.11 Å². The number of nitrogens with one attached hydrogen (secondary N) is 2. The fourth-order valence-electron chi connectivity index (χ4n) is 1.26. The van der Waals surface area contributed by atoms with Gasteiger partial charge in [0.1, 0.15) is 5.75 Å². The molecule has 0 spiro atoms. The van der Waals surface area contributed by atoms with Gasteiger partial charge in [-0.1, -0.05) is 0 Å². The zero-order valence-electron chi connectivity index (χ0n) is 10.1. The molecule has 98 valence electrons. The first-order valence-electron chi connectivity index (χ1n) is 5.52. The third-order valence-corrected chi connectivity index (χ3v) is 2.44. The van der Waals surface area contributed by atoms with Crippen molar-refractivity contribution in [3.63, 3.8) is 0 Å². The minimum atomic E-state index is -0.228. The maximum atomic E-state index is 10.9. The smallest absolute Gasteiger partial charge is 0.305 e. The number of hydrogen-bond acceptors (Lipinski definition) is 4. The van der Waals surface area contributed by atoms with Crippen molar-refractivity contribution >= 4 is 29.0 Å². The number of carbonyl (C=O) groups excluding carboxylic acids is 1. The first-order valence-corrected chi connectivity index (χ1v) is 5.93. The number of carbonyl (C=O) groups is 1. The molecule has 0 bridgehead atoms. The summed E-state index contributed by atoms with van der Waals surface area (Å²) in [4.78, 5) is 10.9. The number of anilines is 1. The van der Waals surface area contributed by atoms with Crippen LogP contribution in [0.15, 0.2) is 24.3 Å². The largest absolute Gasteiger partial charge is 0.508 e. The molecule has 0 unspecified atom stereocenters. The maximum Gasteiger partial charge on any atom is 0.305 e. The second-order valence-corrected chi connectivity index (χ2v) is 4.02. The average molecular weight is 268 g/mol. The van der Waals surface area contributed by atoms with Gasteiger partial charge in [-0.3, -0.25) is 4.79 Å². The Morgan fingerprint density at radius 1 is 1.39 bits per heavy atom. The quantitative estimate of drug-likeness (QED) is 0.326. The van der Waals surface area contributed by atoms with Gasteiger partial charge in [0.25, 0.3) is 0 Å². The van der Waals surface area contributed by atoms with Gasteiger partial charge in [-0.15, -0.1) is 0 Å². The molecule has 6 heteroatoms. The normalized spacial score (nSPS) is 9.61. The Labute approximate surface area is 111 Å². The maximum absolute atomic E-state index is 10.9. The highest BCUT2D eigenvalue weighted by Gasteiger charge is 2.00. The van der Waals surface area contributed by atoms with Crippen LogP contribution in [0.2, 0.25) is 0 Å². The zero-order chi connectivity index (χ0) is 13.4. The lowest BCUT2D eigenvalue weighted by Gasteiger charge is -2.10. The summed E-state index contributed by atoms with van der Waals surface area (Å²) in [5, 5.41) is 15.5. The molecule has 0 saturated heterocycles. The number of methoxy groups -OCH3 is 1. The number of phenols is 1. The van der Waals surface area contributed by atoms with Gasteiger partial charge in [0, 0.05) is 18.7 Å². The number of thiocarbonyl (C=S) groups is 1. The van der Waals surface area contributed by atoms with Gasteiger partial charge in [-0.25, -0.2) is 0 Å². The number of esters is 1. The van der Waals surface area contributed by atoms with E-state index in [9.17, 15) is 4.79 Å². The Kier molecular flexibility index (Phi) is 5.93. The van der Waals surface area contributed by atoms with Crippen LogP contribution in [0.4, 0.5) is 5.69 Å². The van der Waals surface area contributed by atoms with Crippen molar-refractivity contribution in [3.05, 3.63) is 24.3 Å². The molecular weight excluding hydrogens is 252 g/mol. The predicted octanol–water partition coefficient (Wildman–Crippen LogP) is 1.63. The molecule has 0 saturated carbocycles. The Bertz CT molecular complexity index is 406. The molecule has 0 heterocycles. The molecular formula is C12H16N2O3S. The molecule has 3 N–H and O–H groups in total. The number of rotatable bonds is 5. The summed E-state index contributed by atoms with van der Waals surface area (Å²) in [6.45, 7) is 0.596. The highest BCUT2D eigenvalue weighted by molar-refractivity contribution is 7.80. The Morgan fingerprint density at radius 2 is 2.06 bits per heavy atom. The second kappa shape index (κ2) is 7.50. The summed E-state index contributed by atoms with van der Waals surface area (Å²) in [5.41, 5.74) is 0.790. The summed E-state index contributed by atoms with van der Waals surface area (Å²) in [6.07, 6.45) is 1.02. The minimum absolute atomic E-state index is 0.206. The van der Waals surface area contributed by atoms with Crippen molar-refractivity contribution in [3.8, 4) is 5.75 Å². The van der Waals surface area contributed by atoms with E-state index >= 15 is 0 Å². The van der Waals surface area contributed by atoms with Crippen LogP contribution >= 0.6 is 12.2 Å². The lowest BCUT2D eigenvalue weighted by Crippen LogP contribution is -2.29. The summed E-state index contributed by atoms with van der Waals surface area (Å²) < 4.78 is 4.53. The Balaban J connectivity index is 2.21. The molecule has 0 fully saturated rings. The standard InChI is InChI=1S/C12H16N2O3S/c1-17-11(16)3-2-8-13-12(18)14-9-4-6-10(15)7-5-9/h4-7,15H,2-3,8H2,1H3,(H2,13,14,18). The van der Waals surface area contributed by atoms with E-state index in [2.05, 4.69) is 15.4 Å². The van der Waals surface area contributed by atoms with Gasteiger partial charge < -0.3 is 20.5 Å². The summed E-state index contributed by atoms with van der Waals surface area (Å²) in [5.74, 6) is -0.0216. The molecule has 5 nitrogen and oxygen atoms in total. The molecule has 1 rings (SSSR count). The van der Waals surface area contributed by atoms with Crippen LogP contribution in [0.5, 0.6) is 5.75 Å². The van der Waals surface area contributed by atoms with E-state index in [1.807, 2.05) is 0 Å². The third-order valence-electron chi connectivity index (χ3n) is 2.20. The minimum Gasteiger partial charge on any atom is -0.508 e. The van der Waals surface area contributed by atoms with Crippen molar-refractivity contribution in [2.24, 2.45) is 0 Å². The number of phenolic OH excluding ortho intramolecular Hbond substituents is 1. The van der Waals surface area contributed by atoms with E-state index in [4.69, 9.17) is 17.3 Å². The SMILES string of the molecule is COC(=O)CCCNC(=S)Nc1ccc(O)cc1. The number of ether oxygens (including phenoxy) is 1. The van der Waals surface area contributed by atoms with Crippen molar-refractivity contribution < 1.29 is 14.6 Å². The number of aromatic hydroxyl groups is 1. The lowest BCUT2D eigenvalue weighted by molar-refractivity contribution is -0.140. The molecule has 1 aromatic carbocycles. The highest BCUT2D eigenvalue weighted by atomic mass is 32.1. The van der Waals surface area contributed by atoms with Crippen molar-refractivity contribution in [1.82, 2.24) is 5.32 Å². The first kappa shape index (κ1) is 14.2. The van der Waals surface area contributed by atoms with E-state index in [1.165, 1.54) is 7.11 Å². The van der Waals surface area contributed by atoms with Gasteiger partial charge in [0.15, 0.2) is 5.11 Å². The fraction of sp³-hybridized carbons (Fsp3) is 0.333. The molecule has 0 amide bonds. The van der Waals surface area contributed by atoms with Crippen molar-refractivity contribution in [2.45, 2.75) is 12.8 Å². The molecule has 0 atom stereocenters. The highest BCUT2D eigenvalue weighted by Crippen LogP contribution is 2.13. The Morgan fingerprint density at radius 3 is 2.67 bits per heavy atom. The van der Waals surface area contributed by atoms with Crippen LogP contribution in [0.1, 0.15) is 12.8 Å². The van der Waals surface area contributed by atoms with E-state index < -0.39 is 0 Å². The van der Waals surface area contributed by atoms with Crippen LogP contribution in [-0.4, -0.2) is 29.8 Å². The van der Waals surface area contributed by atoms with Crippen LogP contribution in [0, 0.1) is 0 Å². The Hall–Kier alpha value is -1.82. The van der Waals surface area contributed by atoms with Gasteiger partial charge in [-0.2, -0.15) is 0 Å².